The van der Waals surface area contributed by atoms with Gasteiger partial charge in [0.15, 0.2) is 0 Å². The Bertz CT molecular complexity index is 648. The molecule has 2 N–H and O–H groups in total. The van der Waals surface area contributed by atoms with Gasteiger partial charge in [0.25, 0.3) is 5.91 Å². The lowest BCUT2D eigenvalue weighted by Gasteiger charge is -2.29. The highest BCUT2D eigenvalue weighted by Crippen LogP contribution is 2.41. The van der Waals surface area contributed by atoms with Crippen molar-refractivity contribution in [2.45, 2.75) is 51.7 Å². The molecule has 0 spiro atoms. The van der Waals surface area contributed by atoms with E-state index in [0.29, 0.717) is 11.3 Å². The summed E-state index contributed by atoms with van der Waals surface area (Å²) in [7, 11) is 0. The van der Waals surface area contributed by atoms with Crippen LogP contribution in [0.5, 0.6) is 0 Å². The Kier molecular flexibility index (Phi) is 4.45. The second-order valence-electron chi connectivity index (χ2n) is 6.63. The van der Waals surface area contributed by atoms with Crippen LogP contribution in [0.2, 0.25) is 0 Å². The molecule has 0 saturated heterocycles. The smallest absolute Gasteiger partial charge is 0.306 e. The lowest BCUT2D eigenvalue weighted by Crippen LogP contribution is -2.47. The van der Waals surface area contributed by atoms with Crippen LogP contribution in [-0.2, 0) is 24.7 Å². The zero-order chi connectivity index (χ0) is 17.3. The molecule has 2 amide bonds. The van der Waals surface area contributed by atoms with Gasteiger partial charge in [-0.2, -0.15) is 0 Å². The average Bonchev–Trinajstić information content (AvgIpc) is 2.69. The lowest BCUT2D eigenvalue weighted by atomic mass is 9.90. The highest BCUT2D eigenvalue weighted by atomic mass is 16.6. The van der Waals surface area contributed by atoms with Crippen LogP contribution in [-0.4, -0.2) is 23.3 Å². The summed E-state index contributed by atoms with van der Waals surface area (Å²) in [4.78, 5) is 36.8. The van der Waals surface area contributed by atoms with Crippen molar-refractivity contribution in [3.05, 3.63) is 29.8 Å². The third kappa shape index (κ3) is 3.52. The van der Waals surface area contributed by atoms with Crippen LogP contribution in [0, 0.1) is 0 Å². The van der Waals surface area contributed by atoms with Gasteiger partial charge in [0, 0.05) is 23.2 Å². The molecule has 1 unspecified atom stereocenters. The van der Waals surface area contributed by atoms with E-state index in [0.717, 1.165) is 0 Å². The Balaban J connectivity index is 2.40. The summed E-state index contributed by atoms with van der Waals surface area (Å²) in [5.74, 6) is -1.38. The molecule has 0 aromatic heterocycles. The number of nitrogens with one attached hydrogen (secondary N) is 2. The third-order valence-corrected chi connectivity index (χ3v) is 3.48. The van der Waals surface area contributed by atoms with Crippen molar-refractivity contribution in [2.24, 2.45) is 0 Å². The molecular weight excluding hydrogens is 296 g/mol. The molecule has 6 heteroatoms. The first-order valence-corrected chi connectivity index (χ1v) is 7.62. The molecule has 0 bridgehead atoms. The molecule has 6 nitrogen and oxygen atoms in total. The van der Waals surface area contributed by atoms with E-state index in [9.17, 15) is 14.4 Å². The summed E-state index contributed by atoms with van der Waals surface area (Å²) in [6.45, 7) is 7.18. The predicted molar refractivity (Wildman–Crippen MR) is 85.6 cm³/mol. The van der Waals surface area contributed by atoms with Gasteiger partial charge in [-0.3, -0.25) is 14.4 Å². The topological polar surface area (TPSA) is 84.5 Å². The highest BCUT2D eigenvalue weighted by molar-refractivity contribution is 6.08. The van der Waals surface area contributed by atoms with Crippen LogP contribution in [0.1, 0.15) is 46.1 Å². The molecule has 1 aromatic carbocycles. The molecule has 1 aliphatic heterocycles. The van der Waals surface area contributed by atoms with Crippen LogP contribution in [0.4, 0.5) is 5.69 Å². The number of carbonyl (C=O) groups is 3. The summed E-state index contributed by atoms with van der Waals surface area (Å²) in [6, 6.07) is 6.93. The Hall–Kier alpha value is -2.37. The van der Waals surface area contributed by atoms with Crippen molar-refractivity contribution < 1.29 is 19.1 Å². The van der Waals surface area contributed by atoms with E-state index in [1.54, 1.807) is 31.2 Å². The number of para-hydroxylation sites is 1. The van der Waals surface area contributed by atoms with E-state index in [4.69, 9.17) is 4.74 Å². The minimum absolute atomic E-state index is 0.123. The van der Waals surface area contributed by atoms with E-state index in [1.165, 1.54) is 0 Å². The van der Waals surface area contributed by atoms with Gasteiger partial charge in [0.05, 0.1) is 6.42 Å². The zero-order valence-corrected chi connectivity index (χ0v) is 13.9. The maximum atomic E-state index is 12.5. The van der Waals surface area contributed by atoms with Gasteiger partial charge in [-0.25, -0.2) is 0 Å². The molecular formula is C17H22N2O4. The van der Waals surface area contributed by atoms with Gasteiger partial charge in [0.1, 0.15) is 0 Å². The maximum Gasteiger partial charge on any atom is 0.306 e. The number of hydrogen-bond donors (Lipinski definition) is 2. The molecule has 1 atom stereocenters. The Morgan fingerprint density at radius 2 is 1.91 bits per heavy atom. The standard InChI is InChI=1S/C17H22N2O4/c1-5-14(21)23-17(10-13(20)19-16(2,3)4)11-8-6-7-9-12(11)18-15(17)22/h6-9H,5,10H2,1-4H3,(H,18,22)(H,19,20). The summed E-state index contributed by atoms with van der Waals surface area (Å²) < 4.78 is 5.46. The number of hydrogen-bond acceptors (Lipinski definition) is 4. The normalized spacial score (nSPS) is 19.7. The van der Waals surface area contributed by atoms with Crippen LogP contribution < -0.4 is 10.6 Å². The first kappa shape index (κ1) is 17.0. The van der Waals surface area contributed by atoms with Gasteiger partial charge in [-0.05, 0) is 26.8 Å². The molecule has 1 aromatic rings. The first-order chi connectivity index (χ1) is 10.7. The molecule has 0 fully saturated rings. The highest BCUT2D eigenvalue weighted by Gasteiger charge is 2.51. The average molecular weight is 318 g/mol. The summed E-state index contributed by atoms with van der Waals surface area (Å²) in [5.41, 5.74) is -0.985. The third-order valence-electron chi connectivity index (χ3n) is 3.48. The van der Waals surface area contributed by atoms with E-state index < -0.39 is 23.0 Å². The van der Waals surface area contributed by atoms with Crippen molar-refractivity contribution in [3.63, 3.8) is 0 Å². The van der Waals surface area contributed by atoms with Gasteiger partial charge in [-0.15, -0.1) is 0 Å². The van der Waals surface area contributed by atoms with Gasteiger partial charge < -0.3 is 15.4 Å². The number of carbonyl (C=O) groups excluding carboxylic acids is 3. The minimum atomic E-state index is -1.61. The molecule has 23 heavy (non-hydrogen) atoms. The van der Waals surface area contributed by atoms with Crippen molar-refractivity contribution in [3.8, 4) is 0 Å². The maximum absolute atomic E-state index is 12.5. The number of esters is 1. The molecule has 124 valence electrons. The molecule has 0 saturated carbocycles. The van der Waals surface area contributed by atoms with Crippen molar-refractivity contribution in [1.82, 2.24) is 5.32 Å². The first-order valence-electron chi connectivity index (χ1n) is 7.62. The fourth-order valence-corrected chi connectivity index (χ4v) is 2.56. The van der Waals surface area contributed by atoms with E-state index in [2.05, 4.69) is 10.6 Å². The zero-order valence-electron chi connectivity index (χ0n) is 13.9. The number of fused-ring (bicyclic) bond motifs is 1. The van der Waals surface area contributed by atoms with Crippen LogP contribution >= 0.6 is 0 Å². The predicted octanol–water partition coefficient (Wildman–Crippen LogP) is 2.09. The van der Waals surface area contributed by atoms with Crippen molar-refractivity contribution in [1.29, 1.82) is 0 Å². The molecule has 0 aliphatic carbocycles. The largest absolute Gasteiger partial charge is 0.443 e. The SMILES string of the molecule is CCC(=O)OC1(CC(=O)NC(C)(C)C)C(=O)Nc2ccccc21. The summed E-state index contributed by atoms with van der Waals surface area (Å²) in [5, 5.41) is 5.49. The molecule has 1 aliphatic rings. The van der Waals surface area contributed by atoms with Gasteiger partial charge in [-0.1, -0.05) is 25.1 Å². The van der Waals surface area contributed by atoms with Crippen LogP contribution in [0.25, 0.3) is 0 Å². The Morgan fingerprint density at radius 3 is 2.52 bits per heavy atom. The monoisotopic (exact) mass is 318 g/mol. The number of rotatable bonds is 4. The van der Waals surface area contributed by atoms with E-state index in [-0.39, 0.29) is 18.7 Å². The number of ether oxygens (including phenoxy) is 1. The Labute approximate surface area is 135 Å². The molecule has 1 heterocycles. The summed E-state index contributed by atoms with van der Waals surface area (Å²) in [6.07, 6.45) is -0.128. The Morgan fingerprint density at radius 1 is 1.26 bits per heavy atom. The lowest BCUT2D eigenvalue weighted by molar-refractivity contribution is -0.169. The number of amides is 2. The quantitative estimate of drug-likeness (QED) is 0.833. The summed E-state index contributed by atoms with van der Waals surface area (Å²) >= 11 is 0. The van der Waals surface area contributed by atoms with Crippen LogP contribution in [0.3, 0.4) is 0 Å². The van der Waals surface area contributed by atoms with Crippen molar-refractivity contribution >= 4 is 23.5 Å². The van der Waals surface area contributed by atoms with Crippen molar-refractivity contribution in [2.75, 3.05) is 5.32 Å². The molecule has 2 rings (SSSR count). The van der Waals surface area contributed by atoms with Crippen LogP contribution in [0.15, 0.2) is 24.3 Å². The second kappa shape index (κ2) is 6.02. The number of benzene rings is 1. The fraction of sp³-hybridized carbons (Fsp3) is 0.471. The number of anilines is 1. The van der Waals surface area contributed by atoms with E-state index in [1.807, 2.05) is 20.8 Å². The minimum Gasteiger partial charge on any atom is -0.443 e. The van der Waals surface area contributed by atoms with Gasteiger partial charge in [0.2, 0.25) is 11.5 Å². The molecule has 0 radical (unpaired) electrons. The van der Waals surface area contributed by atoms with Gasteiger partial charge >= 0.3 is 5.97 Å². The van der Waals surface area contributed by atoms with E-state index >= 15 is 0 Å². The second-order valence-corrected chi connectivity index (χ2v) is 6.63. The fourth-order valence-electron chi connectivity index (χ4n) is 2.56.